The standard InChI is InChI=1S/C14H25N3O3/c1-16-12(18)4-6-20-7-5-13(19)17-8-10-2-3-11(9-17)14(10)15/h10-11,14H,2-9,15H2,1H3,(H,16,18). The van der Waals surface area contributed by atoms with Gasteiger partial charge in [-0.15, -0.1) is 0 Å². The van der Waals surface area contributed by atoms with Crippen LogP contribution in [0.2, 0.25) is 0 Å². The van der Waals surface area contributed by atoms with Gasteiger partial charge >= 0.3 is 0 Å². The van der Waals surface area contributed by atoms with Crippen LogP contribution >= 0.6 is 0 Å². The molecule has 2 fully saturated rings. The molecule has 3 N–H and O–H groups in total. The molecule has 114 valence electrons. The minimum absolute atomic E-state index is 0.0436. The Morgan fingerprint density at radius 1 is 1.20 bits per heavy atom. The molecule has 6 heteroatoms. The second-order valence-corrected chi connectivity index (χ2v) is 5.76. The summed E-state index contributed by atoms with van der Waals surface area (Å²) in [6.07, 6.45) is 3.03. The molecule has 20 heavy (non-hydrogen) atoms. The Morgan fingerprint density at radius 3 is 2.40 bits per heavy atom. The Bertz CT molecular complexity index is 348. The minimum atomic E-state index is -0.0436. The maximum Gasteiger partial charge on any atom is 0.224 e. The van der Waals surface area contributed by atoms with Crippen LogP contribution in [-0.4, -0.2) is 56.1 Å². The van der Waals surface area contributed by atoms with E-state index in [1.807, 2.05) is 4.90 Å². The molecule has 1 aliphatic carbocycles. The lowest BCUT2D eigenvalue weighted by Crippen LogP contribution is -2.50. The van der Waals surface area contributed by atoms with Crippen molar-refractivity contribution in [2.45, 2.75) is 31.7 Å². The van der Waals surface area contributed by atoms with Crippen molar-refractivity contribution >= 4 is 11.8 Å². The van der Waals surface area contributed by atoms with Crippen LogP contribution in [0.5, 0.6) is 0 Å². The smallest absolute Gasteiger partial charge is 0.224 e. The lowest BCUT2D eigenvalue weighted by molar-refractivity contribution is -0.134. The van der Waals surface area contributed by atoms with Crippen molar-refractivity contribution in [3.63, 3.8) is 0 Å². The van der Waals surface area contributed by atoms with Gasteiger partial charge in [0.2, 0.25) is 11.8 Å². The van der Waals surface area contributed by atoms with Gasteiger partial charge in [-0.05, 0) is 24.7 Å². The molecule has 6 nitrogen and oxygen atoms in total. The van der Waals surface area contributed by atoms with E-state index < -0.39 is 0 Å². The van der Waals surface area contributed by atoms with E-state index in [2.05, 4.69) is 5.32 Å². The highest BCUT2D eigenvalue weighted by Crippen LogP contribution is 2.35. The SMILES string of the molecule is CNC(=O)CCOCCC(=O)N1CC2CCC(C1)C2N. The number of nitrogens with two attached hydrogens (primary N) is 1. The minimum Gasteiger partial charge on any atom is -0.380 e. The summed E-state index contributed by atoms with van der Waals surface area (Å²) in [6.45, 7) is 2.35. The molecule has 2 rings (SSSR count). The van der Waals surface area contributed by atoms with Gasteiger partial charge in [-0.3, -0.25) is 9.59 Å². The molecule has 1 saturated carbocycles. The average molecular weight is 283 g/mol. The van der Waals surface area contributed by atoms with Crippen LogP contribution in [0.4, 0.5) is 0 Å². The normalized spacial score (nSPS) is 28.5. The molecule has 2 amide bonds. The number of nitrogens with one attached hydrogen (secondary N) is 1. The average Bonchev–Trinajstić information content (AvgIpc) is 2.68. The van der Waals surface area contributed by atoms with E-state index in [4.69, 9.17) is 10.5 Å². The van der Waals surface area contributed by atoms with E-state index >= 15 is 0 Å². The molecular formula is C14H25N3O3. The van der Waals surface area contributed by atoms with Crippen LogP contribution in [0.15, 0.2) is 0 Å². The molecule has 0 aromatic carbocycles. The quantitative estimate of drug-likeness (QED) is 0.657. The lowest BCUT2D eigenvalue weighted by atomic mass is 9.93. The molecule has 2 unspecified atom stereocenters. The van der Waals surface area contributed by atoms with Crippen molar-refractivity contribution in [1.29, 1.82) is 0 Å². The summed E-state index contributed by atoms with van der Waals surface area (Å²) in [6, 6.07) is 0.280. The van der Waals surface area contributed by atoms with Gasteiger partial charge in [-0.2, -0.15) is 0 Å². The number of carbonyl (C=O) groups excluding carboxylic acids is 2. The Balaban J connectivity index is 1.62. The van der Waals surface area contributed by atoms with Crippen molar-refractivity contribution in [2.24, 2.45) is 17.6 Å². The number of hydrogen-bond donors (Lipinski definition) is 2. The summed E-state index contributed by atoms with van der Waals surface area (Å²) in [5.41, 5.74) is 6.13. The number of rotatable bonds is 6. The van der Waals surface area contributed by atoms with E-state index in [1.54, 1.807) is 7.05 Å². The molecule has 1 saturated heterocycles. The maximum atomic E-state index is 12.1. The van der Waals surface area contributed by atoms with Gasteiger partial charge in [-0.1, -0.05) is 0 Å². The van der Waals surface area contributed by atoms with Gasteiger partial charge in [0.1, 0.15) is 0 Å². The molecule has 0 aromatic rings. The topological polar surface area (TPSA) is 84.7 Å². The van der Waals surface area contributed by atoms with Crippen LogP contribution in [0.1, 0.15) is 25.7 Å². The number of piperidine rings is 1. The predicted octanol–water partition coefficient (Wildman–Crippen LogP) is -0.275. The molecule has 0 aromatic heterocycles. The van der Waals surface area contributed by atoms with Gasteiger partial charge in [0.15, 0.2) is 0 Å². The third-order valence-electron chi connectivity index (χ3n) is 4.47. The molecule has 0 radical (unpaired) electrons. The van der Waals surface area contributed by atoms with E-state index in [9.17, 15) is 9.59 Å². The molecular weight excluding hydrogens is 258 g/mol. The summed E-state index contributed by atoms with van der Waals surface area (Å²) >= 11 is 0. The highest BCUT2D eigenvalue weighted by molar-refractivity contribution is 5.76. The van der Waals surface area contributed by atoms with E-state index in [0.29, 0.717) is 37.9 Å². The molecule has 0 spiro atoms. The van der Waals surface area contributed by atoms with E-state index in [-0.39, 0.29) is 17.9 Å². The third kappa shape index (κ3) is 3.70. The number of nitrogens with zero attached hydrogens (tertiary/aromatic N) is 1. The number of carbonyl (C=O) groups is 2. The second-order valence-electron chi connectivity index (χ2n) is 5.76. The first kappa shape index (κ1) is 15.3. The fourth-order valence-corrected chi connectivity index (χ4v) is 3.18. The first-order chi connectivity index (χ1) is 9.61. The summed E-state index contributed by atoms with van der Waals surface area (Å²) in [4.78, 5) is 25.0. The van der Waals surface area contributed by atoms with Gasteiger partial charge in [0, 0.05) is 32.6 Å². The summed E-state index contributed by atoms with van der Waals surface area (Å²) in [5.74, 6) is 1.06. The summed E-state index contributed by atoms with van der Waals surface area (Å²) in [7, 11) is 1.60. The number of amides is 2. The van der Waals surface area contributed by atoms with Gasteiger partial charge in [0.25, 0.3) is 0 Å². The van der Waals surface area contributed by atoms with Crippen molar-refractivity contribution in [3.8, 4) is 0 Å². The maximum absolute atomic E-state index is 12.1. The molecule has 2 bridgehead atoms. The zero-order chi connectivity index (χ0) is 14.5. The van der Waals surface area contributed by atoms with Gasteiger partial charge in [0.05, 0.1) is 19.6 Å². The first-order valence-corrected chi connectivity index (χ1v) is 7.43. The number of hydrogen-bond acceptors (Lipinski definition) is 4. The van der Waals surface area contributed by atoms with Crippen LogP contribution < -0.4 is 11.1 Å². The van der Waals surface area contributed by atoms with Crippen LogP contribution in [-0.2, 0) is 14.3 Å². The zero-order valence-electron chi connectivity index (χ0n) is 12.1. The zero-order valence-corrected chi connectivity index (χ0v) is 12.1. The van der Waals surface area contributed by atoms with Crippen molar-refractivity contribution in [1.82, 2.24) is 10.2 Å². The fraction of sp³-hybridized carbons (Fsp3) is 0.857. The number of ether oxygens (including phenoxy) is 1. The lowest BCUT2D eigenvalue weighted by Gasteiger charge is -2.36. The van der Waals surface area contributed by atoms with Crippen LogP contribution in [0.25, 0.3) is 0 Å². The number of likely N-dealkylation sites (tertiary alicyclic amines) is 1. The number of fused-ring (bicyclic) bond motifs is 2. The summed E-state index contributed by atoms with van der Waals surface area (Å²) < 4.78 is 5.33. The van der Waals surface area contributed by atoms with E-state index in [0.717, 1.165) is 25.9 Å². The second kappa shape index (κ2) is 7.04. The summed E-state index contributed by atoms with van der Waals surface area (Å²) in [5, 5.41) is 2.53. The molecule has 1 aliphatic heterocycles. The largest absolute Gasteiger partial charge is 0.380 e. The highest BCUT2D eigenvalue weighted by atomic mass is 16.5. The fourth-order valence-electron chi connectivity index (χ4n) is 3.18. The Hall–Kier alpha value is -1.14. The Kier molecular flexibility index (Phi) is 5.37. The Labute approximate surface area is 120 Å². The molecule has 2 aliphatic rings. The first-order valence-electron chi connectivity index (χ1n) is 7.43. The van der Waals surface area contributed by atoms with Crippen molar-refractivity contribution < 1.29 is 14.3 Å². The van der Waals surface area contributed by atoms with Crippen LogP contribution in [0.3, 0.4) is 0 Å². The van der Waals surface area contributed by atoms with Crippen LogP contribution in [0, 0.1) is 11.8 Å². The predicted molar refractivity (Wildman–Crippen MR) is 74.9 cm³/mol. The molecule has 2 atom stereocenters. The van der Waals surface area contributed by atoms with Gasteiger partial charge in [-0.25, -0.2) is 0 Å². The van der Waals surface area contributed by atoms with E-state index in [1.165, 1.54) is 0 Å². The van der Waals surface area contributed by atoms with Crippen molar-refractivity contribution in [2.75, 3.05) is 33.4 Å². The monoisotopic (exact) mass is 283 g/mol. The third-order valence-corrected chi connectivity index (χ3v) is 4.47. The Morgan fingerprint density at radius 2 is 1.80 bits per heavy atom. The highest BCUT2D eigenvalue weighted by Gasteiger charge is 2.40. The molecule has 1 heterocycles. The van der Waals surface area contributed by atoms with Gasteiger partial charge < -0.3 is 20.7 Å². The van der Waals surface area contributed by atoms with Crippen molar-refractivity contribution in [3.05, 3.63) is 0 Å².